The molecule has 1 aliphatic rings. The number of rotatable bonds is 5. The van der Waals surface area contributed by atoms with E-state index >= 15 is 0 Å². The van der Waals surface area contributed by atoms with Crippen molar-refractivity contribution < 1.29 is 4.79 Å². The fourth-order valence-electron chi connectivity index (χ4n) is 1.78. The molecule has 2 N–H and O–H groups in total. The summed E-state index contributed by atoms with van der Waals surface area (Å²) in [5, 5.41) is 10.5. The average molecular weight is 288 g/mol. The lowest BCUT2D eigenvalue weighted by Crippen LogP contribution is -2.32. The van der Waals surface area contributed by atoms with Crippen LogP contribution in [0.5, 0.6) is 0 Å². The second-order valence-electron chi connectivity index (χ2n) is 4.88. The van der Waals surface area contributed by atoms with Gasteiger partial charge in [0, 0.05) is 11.6 Å². The van der Waals surface area contributed by atoms with E-state index in [9.17, 15) is 4.79 Å². The Morgan fingerprint density at radius 1 is 1.40 bits per heavy atom. The standard InChI is InChI=1S/C14H16N4OS/c1-9(13(19)15-11-7-8-11)20-14-16-12(17-18-14)10-5-3-2-4-6-10/h2-6,9,11H,7-8H2,1H3,(H,15,19)(H,16,17,18). The number of amides is 1. The van der Waals surface area contributed by atoms with Crippen molar-refractivity contribution in [1.29, 1.82) is 0 Å². The first-order chi connectivity index (χ1) is 9.72. The van der Waals surface area contributed by atoms with Gasteiger partial charge in [-0.3, -0.25) is 9.89 Å². The molecule has 2 aromatic rings. The van der Waals surface area contributed by atoms with Gasteiger partial charge in [-0.1, -0.05) is 42.1 Å². The van der Waals surface area contributed by atoms with Gasteiger partial charge in [0.1, 0.15) is 0 Å². The predicted octanol–water partition coefficient (Wildman–Crippen LogP) is 2.23. The Hall–Kier alpha value is -1.82. The van der Waals surface area contributed by atoms with Crippen LogP contribution in [0.15, 0.2) is 35.5 Å². The Bertz CT molecular complexity index is 594. The second kappa shape index (κ2) is 5.66. The monoisotopic (exact) mass is 288 g/mol. The van der Waals surface area contributed by atoms with Gasteiger partial charge in [0.2, 0.25) is 11.1 Å². The van der Waals surface area contributed by atoms with Gasteiger partial charge in [-0.25, -0.2) is 4.98 Å². The van der Waals surface area contributed by atoms with Crippen LogP contribution in [0.4, 0.5) is 0 Å². The third-order valence-corrected chi connectivity index (χ3v) is 4.05. The highest BCUT2D eigenvalue weighted by Crippen LogP contribution is 2.24. The number of aromatic amines is 1. The molecule has 5 nitrogen and oxygen atoms in total. The summed E-state index contributed by atoms with van der Waals surface area (Å²) in [5.74, 6) is 0.784. The van der Waals surface area contributed by atoms with Crippen molar-refractivity contribution in [3.8, 4) is 11.4 Å². The summed E-state index contributed by atoms with van der Waals surface area (Å²) < 4.78 is 0. The highest BCUT2D eigenvalue weighted by Gasteiger charge is 2.26. The zero-order valence-corrected chi connectivity index (χ0v) is 12.0. The number of hydrogen-bond acceptors (Lipinski definition) is 4. The molecular formula is C14H16N4OS. The fourth-order valence-corrected chi connectivity index (χ4v) is 2.52. The Kier molecular flexibility index (Phi) is 3.73. The number of hydrogen-bond donors (Lipinski definition) is 2. The highest BCUT2D eigenvalue weighted by molar-refractivity contribution is 8.00. The molecule has 0 spiro atoms. The van der Waals surface area contributed by atoms with Crippen LogP contribution in [0, 0.1) is 0 Å². The van der Waals surface area contributed by atoms with Crippen LogP contribution >= 0.6 is 11.8 Å². The van der Waals surface area contributed by atoms with Crippen molar-refractivity contribution in [1.82, 2.24) is 20.5 Å². The third-order valence-electron chi connectivity index (χ3n) is 3.09. The van der Waals surface area contributed by atoms with Gasteiger partial charge >= 0.3 is 0 Å². The van der Waals surface area contributed by atoms with E-state index in [0.29, 0.717) is 11.2 Å². The number of aromatic nitrogens is 3. The fraction of sp³-hybridized carbons (Fsp3) is 0.357. The SMILES string of the molecule is CC(Sc1n[nH]c(-c2ccccc2)n1)C(=O)NC1CC1. The smallest absolute Gasteiger partial charge is 0.233 e. The molecular weight excluding hydrogens is 272 g/mol. The Labute approximate surface area is 121 Å². The molecule has 1 fully saturated rings. The molecule has 3 rings (SSSR count). The van der Waals surface area contributed by atoms with E-state index in [4.69, 9.17) is 0 Å². The first kappa shape index (κ1) is 13.2. The van der Waals surface area contributed by atoms with Gasteiger partial charge in [0.05, 0.1) is 5.25 Å². The molecule has 0 radical (unpaired) electrons. The number of nitrogens with one attached hydrogen (secondary N) is 2. The largest absolute Gasteiger partial charge is 0.352 e. The molecule has 1 saturated carbocycles. The molecule has 1 amide bonds. The first-order valence-electron chi connectivity index (χ1n) is 6.67. The van der Waals surface area contributed by atoms with Gasteiger partial charge in [0.15, 0.2) is 5.82 Å². The van der Waals surface area contributed by atoms with E-state index < -0.39 is 0 Å². The minimum atomic E-state index is -0.185. The summed E-state index contributed by atoms with van der Waals surface area (Å²) in [4.78, 5) is 16.3. The van der Waals surface area contributed by atoms with Gasteiger partial charge in [0.25, 0.3) is 0 Å². The summed E-state index contributed by atoms with van der Waals surface area (Å²) in [5.41, 5.74) is 0.988. The number of H-pyrrole nitrogens is 1. The summed E-state index contributed by atoms with van der Waals surface area (Å²) >= 11 is 1.37. The van der Waals surface area contributed by atoms with Crippen molar-refractivity contribution >= 4 is 17.7 Å². The molecule has 0 saturated heterocycles. The first-order valence-corrected chi connectivity index (χ1v) is 7.55. The number of carbonyl (C=O) groups is 1. The van der Waals surface area contributed by atoms with Gasteiger partial charge in [-0.2, -0.15) is 0 Å². The molecule has 104 valence electrons. The lowest BCUT2D eigenvalue weighted by atomic mass is 10.2. The van der Waals surface area contributed by atoms with E-state index in [0.717, 1.165) is 24.2 Å². The number of benzene rings is 1. The minimum Gasteiger partial charge on any atom is -0.352 e. The predicted molar refractivity (Wildman–Crippen MR) is 78.3 cm³/mol. The van der Waals surface area contributed by atoms with Crippen LogP contribution in [0.3, 0.4) is 0 Å². The zero-order valence-electron chi connectivity index (χ0n) is 11.2. The molecule has 20 heavy (non-hydrogen) atoms. The molecule has 0 aliphatic heterocycles. The molecule has 1 aliphatic carbocycles. The van der Waals surface area contributed by atoms with E-state index in [1.807, 2.05) is 37.3 Å². The number of thioether (sulfide) groups is 1. The second-order valence-corrected chi connectivity index (χ2v) is 6.18. The van der Waals surface area contributed by atoms with Gasteiger partial charge in [-0.15, -0.1) is 5.10 Å². The summed E-state index contributed by atoms with van der Waals surface area (Å²) in [6, 6.07) is 10.2. The van der Waals surface area contributed by atoms with Crippen molar-refractivity contribution in [2.45, 2.75) is 36.2 Å². The Balaban J connectivity index is 1.63. The summed E-state index contributed by atoms with van der Waals surface area (Å²) in [6.45, 7) is 1.88. The van der Waals surface area contributed by atoms with Crippen molar-refractivity contribution in [2.75, 3.05) is 0 Å². The molecule has 1 heterocycles. The maximum atomic E-state index is 11.9. The van der Waals surface area contributed by atoms with E-state index in [1.54, 1.807) is 0 Å². The van der Waals surface area contributed by atoms with E-state index in [2.05, 4.69) is 20.5 Å². The van der Waals surface area contributed by atoms with Crippen molar-refractivity contribution in [2.24, 2.45) is 0 Å². The molecule has 1 aromatic heterocycles. The van der Waals surface area contributed by atoms with Crippen LogP contribution in [0.2, 0.25) is 0 Å². The molecule has 6 heteroatoms. The number of carbonyl (C=O) groups excluding carboxylic acids is 1. The average Bonchev–Trinajstić information content (AvgIpc) is 3.16. The minimum absolute atomic E-state index is 0.0589. The van der Waals surface area contributed by atoms with E-state index in [1.165, 1.54) is 11.8 Å². The van der Waals surface area contributed by atoms with Crippen LogP contribution < -0.4 is 5.32 Å². The normalized spacial score (nSPS) is 15.8. The van der Waals surface area contributed by atoms with Crippen LogP contribution in [0.1, 0.15) is 19.8 Å². The summed E-state index contributed by atoms with van der Waals surface area (Å²) in [6.07, 6.45) is 2.20. The Morgan fingerprint density at radius 2 is 2.15 bits per heavy atom. The third kappa shape index (κ3) is 3.19. The molecule has 1 aromatic carbocycles. The maximum Gasteiger partial charge on any atom is 0.233 e. The lowest BCUT2D eigenvalue weighted by Gasteiger charge is -2.08. The molecule has 1 atom stereocenters. The zero-order chi connectivity index (χ0) is 13.9. The Morgan fingerprint density at radius 3 is 2.85 bits per heavy atom. The summed E-state index contributed by atoms with van der Waals surface area (Å²) in [7, 11) is 0. The van der Waals surface area contributed by atoms with Crippen LogP contribution in [-0.4, -0.2) is 32.4 Å². The van der Waals surface area contributed by atoms with Crippen molar-refractivity contribution in [3.05, 3.63) is 30.3 Å². The lowest BCUT2D eigenvalue weighted by molar-refractivity contribution is -0.120. The topological polar surface area (TPSA) is 70.7 Å². The van der Waals surface area contributed by atoms with Crippen LogP contribution in [-0.2, 0) is 4.79 Å². The quantitative estimate of drug-likeness (QED) is 0.828. The maximum absolute atomic E-state index is 11.9. The molecule has 1 unspecified atom stereocenters. The van der Waals surface area contributed by atoms with Crippen LogP contribution in [0.25, 0.3) is 11.4 Å². The van der Waals surface area contributed by atoms with Crippen molar-refractivity contribution in [3.63, 3.8) is 0 Å². The molecule has 0 bridgehead atoms. The van der Waals surface area contributed by atoms with Gasteiger partial charge < -0.3 is 5.32 Å². The van der Waals surface area contributed by atoms with E-state index in [-0.39, 0.29) is 11.2 Å². The van der Waals surface area contributed by atoms with Gasteiger partial charge in [-0.05, 0) is 19.8 Å². The highest BCUT2D eigenvalue weighted by atomic mass is 32.2. The number of nitrogens with zero attached hydrogens (tertiary/aromatic N) is 2.